The summed E-state index contributed by atoms with van der Waals surface area (Å²) >= 11 is 0. The van der Waals surface area contributed by atoms with Crippen LogP contribution in [0.2, 0.25) is 0 Å². The average molecular weight is 482 g/mol. The molecule has 0 aliphatic carbocycles. The van der Waals surface area contributed by atoms with Crippen molar-refractivity contribution < 1.29 is 23.8 Å². The summed E-state index contributed by atoms with van der Waals surface area (Å²) in [6.07, 6.45) is 0. The summed E-state index contributed by atoms with van der Waals surface area (Å²) in [7, 11) is 0. The highest BCUT2D eigenvalue weighted by molar-refractivity contribution is 6.20. The predicted molar refractivity (Wildman–Crippen MR) is 138 cm³/mol. The smallest absolute Gasteiger partial charge is 0.294 e. The molecule has 0 spiro atoms. The van der Waals surface area contributed by atoms with Crippen molar-refractivity contribution in [3.05, 3.63) is 107 Å². The van der Waals surface area contributed by atoms with Crippen LogP contribution in [-0.4, -0.2) is 23.4 Å². The van der Waals surface area contributed by atoms with Gasteiger partial charge < -0.3 is 14.3 Å². The zero-order chi connectivity index (χ0) is 25.4. The van der Waals surface area contributed by atoms with Gasteiger partial charge >= 0.3 is 0 Å². The highest BCUT2D eigenvalue weighted by Gasteiger charge is 2.45. The molecule has 0 fully saturated rings. The maximum atomic E-state index is 13.7. The van der Waals surface area contributed by atoms with E-state index in [4.69, 9.17) is 9.15 Å². The van der Waals surface area contributed by atoms with Crippen molar-refractivity contribution in [3.63, 3.8) is 0 Å². The lowest BCUT2D eigenvalue weighted by Gasteiger charge is -2.28. The van der Waals surface area contributed by atoms with Gasteiger partial charge in [-0.05, 0) is 60.4 Å². The van der Waals surface area contributed by atoms with Gasteiger partial charge in [0.05, 0.1) is 18.2 Å². The van der Waals surface area contributed by atoms with Crippen LogP contribution in [0.15, 0.2) is 94.6 Å². The minimum Gasteiger partial charge on any atom is -0.503 e. The molecule has 0 radical (unpaired) electrons. The molecule has 1 aliphatic heterocycles. The van der Waals surface area contributed by atoms with Crippen LogP contribution in [0.1, 0.15) is 41.6 Å². The van der Waals surface area contributed by atoms with E-state index in [1.807, 2.05) is 49.4 Å². The molecule has 5 rings (SSSR count). The Balaban J connectivity index is 1.58. The first-order chi connectivity index (χ1) is 17.3. The number of anilines is 1. The predicted octanol–water partition coefficient (Wildman–Crippen LogP) is 6.56. The number of hydrogen-bond acceptors (Lipinski definition) is 5. The van der Waals surface area contributed by atoms with Crippen LogP contribution >= 0.6 is 0 Å². The average Bonchev–Trinajstić information content (AvgIpc) is 3.42. The zero-order valence-electron chi connectivity index (χ0n) is 20.4. The molecule has 1 N–H and O–H groups in total. The summed E-state index contributed by atoms with van der Waals surface area (Å²) in [6, 6.07) is 22.8. The third-order valence-electron chi connectivity index (χ3n) is 6.28. The van der Waals surface area contributed by atoms with Gasteiger partial charge in [-0.1, -0.05) is 56.3 Å². The zero-order valence-corrected chi connectivity index (χ0v) is 20.4. The first-order valence-electron chi connectivity index (χ1n) is 11.9. The first-order valence-corrected chi connectivity index (χ1v) is 11.9. The highest BCUT2D eigenvalue weighted by Crippen LogP contribution is 2.43. The number of amides is 1. The number of aliphatic hydroxyl groups excluding tert-OH is 1. The molecular formula is C30H27NO5. The van der Waals surface area contributed by atoms with E-state index < -0.39 is 23.5 Å². The molecule has 1 aliphatic rings. The van der Waals surface area contributed by atoms with Crippen LogP contribution in [0.4, 0.5) is 5.69 Å². The number of aryl methyl sites for hydroxylation is 1. The third-order valence-corrected chi connectivity index (χ3v) is 6.28. The Labute approximate surface area is 209 Å². The number of aliphatic hydroxyl groups is 1. The van der Waals surface area contributed by atoms with E-state index in [1.54, 1.807) is 36.4 Å². The number of Topliss-reactive ketones (excluding diaryl/α,β-unsaturated/α-hetero) is 1. The second-order valence-corrected chi connectivity index (χ2v) is 9.37. The van der Waals surface area contributed by atoms with Gasteiger partial charge in [0.15, 0.2) is 11.5 Å². The molecular weight excluding hydrogens is 454 g/mol. The van der Waals surface area contributed by atoms with Crippen molar-refractivity contribution >= 4 is 28.3 Å². The Morgan fingerprint density at radius 3 is 2.42 bits per heavy atom. The van der Waals surface area contributed by atoms with Crippen molar-refractivity contribution in [2.45, 2.75) is 26.8 Å². The molecule has 1 amide bonds. The topological polar surface area (TPSA) is 80.0 Å². The molecule has 2 heterocycles. The lowest BCUT2D eigenvalue weighted by molar-refractivity contribution is -0.117. The van der Waals surface area contributed by atoms with E-state index in [2.05, 4.69) is 13.8 Å². The van der Waals surface area contributed by atoms with E-state index >= 15 is 0 Å². The Morgan fingerprint density at radius 1 is 1.03 bits per heavy atom. The molecule has 1 atom stereocenters. The third kappa shape index (κ3) is 4.15. The minimum absolute atomic E-state index is 0.00603. The van der Waals surface area contributed by atoms with Gasteiger partial charge in [0, 0.05) is 11.1 Å². The summed E-state index contributed by atoms with van der Waals surface area (Å²) in [5.41, 5.74) is 2.74. The number of hydrogen-bond donors (Lipinski definition) is 1. The number of carbonyl (C=O) groups excluding carboxylic acids is 2. The number of ketones is 1. The number of benzene rings is 3. The van der Waals surface area contributed by atoms with Crippen LogP contribution in [-0.2, 0) is 4.79 Å². The van der Waals surface area contributed by atoms with Crippen LogP contribution in [0, 0.1) is 12.8 Å². The molecule has 0 bridgehead atoms. The van der Waals surface area contributed by atoms with Crippen molar-refractivity contribution in [3.8, 4) is 5.75 Å². The highest BCUT2D eigenvalue weighted by atomic mass is 16.5. The largest absolute Gasteiger partial charge is 0.503 e. The first kappa shape index (κ1) is 23.4. The van der Waals surface area contributed by atoms with Gasteiger partial charge in [-0.25, -0.2) is 0 Å². The summed E-state index contributed by atoms with van der Waals surface area (Å²) < 4.78 is 11.6. The second kappa shape index (κ2) is 9.38. The van der Waals surface area contributed by atoms with E-state index in [0.717, 1.165) is 16.5 Å². The Morgan fingerprint density at radius 2 is 1.72 bits per heavy atom. The van der Waals surface area contributed by atoms with Crippen LogP contribution < -0.4 is 9.64 Å². The maximum absolute atomic E-state index is 13.7. The Bertz CT molecular complexity index is 1450. The lowest BCUT2D eigenvalue weighted by atomic mass is 9.92. The molecule has 36 heavy (non-hydrogen) atoms. The Kier molecular flexibility index (Phi) is 6.10. The SMILES string of the molecule is Cc1ccccc1C1C(C(=O)c2cc3ccccc3o2)=C(O)C(=O)N1c1ccc(OCC(C)C)cc1. The number of para-hydroxylation sites is 1. The van der Waals surface area contributed by atoms with Crippen molar-refractivity contribution in [1.29, 1.82) is 0 Å². The van der Waals surface area contributed by atoms with Gasteiger partial charge in [0.25, 0.3) is 5.91 Å². The quantitative estimate of drug-likeness (QED) is 0.303. The summed E-state index contributed by atoms with van der Waals surface area (Å²) in [4.78, 5) is 28.6. The molecule has 182 valence electrons. The summed E-state index contributed by atoms with van der Waals surface area (Å²) in [5, 5.41) is 11.8. The van der Waals surface area contributed by atoms with Crippen LogP contribution in [0.3, 0.4) is 0 Å². The summed E-state index contributed by atoms with van der Waals surface area (Å²) in [5.74, 6) is -0.606. The van der Waals surface area contributed by atoms with Gasteiger partial charge in [-0.15, -0.1) is 0 Å². The van der Waals surface area contributed by atoms with E-state index in [-0.39, 0.29) is 11.3 Å². The van der Waals surface area contributed by atoms with Gasteiger partial charge in [-0.3, -0.25) is 14.5 Å². The Hall–Kier alpha value is -4.32. The second-order valence-electron chi connectivity index (χ2n) is 9.37. The molecule has 6 heteroatoms. The molecule has 0 saturated carbocycles. The normalized spacial score (nSPS) is 15.8. The van der Waals surface area contributed by atoms with Gasteiger partial charge in [0.2, 0.25) is 5.78 Å². The fourth-order valence-corrected chi connectivity index (χ4v) is 4.48. The molecule has 1 unspecified atom stereocenters. The standard InChI is InChI=1S/C30H27NO5/c1-18(2)17-35-22-14-12-21(13-15-22)31-27(23-10-6-4-8-19(23)3)26(29(33)30(31)34)28(32)25-16-20-9-5-7-11-24(20)36-25/h4-16,18,27,33H,17H2,1-3H3. The maximum Gasteiger partial charge on any atom is 0.294 e. The molecule has 1 aromatic heterocycles. The fraction of sp³-hybridized carbons (Fsp3) is 0.200. The minimum atomic E-state index is -0.818. The van der Waals surface area contributed by atoms with Crippen LogP contribution in [0.25, 0.3) is 11.0 Å². The number of fused-ring (bicyclic) bond motifs is 1. The molecule has 4 aromatic rings. The van der Waals surface area contributed by atoms with E-state index in [9.17, 15) is 14.7 Å². The number of nitrogens with zero attached hydrogens (tertiary/aromatic N) is 1. The number of ether oxygens (including phenoxy) is 1. The molecule has 0 saturated heterocycles. The van der Waals surface area contributed by atoms with Crippen molar-refractivity contribution in [1.82, 2.24) is 0 Å². The molecule has 6 nitrogen and oxygen atoms in total. The number of furan rings is 1. The monoisotopic (exact) mass is 481 g/mol. The summed E-state index contributed by atoms with van der Waals surface area (Å²) in [6.45, 7) is 6.63. The van der Waals surface area contributed by atoms with Crippen LogP contribution in [0.5, 0.6) is 5.75 Å². The van der Waals surface area contributed by atoms with Crippen molar-refractivity contribution in [2.75, 3.05) is 11.5 Å². The fourth-order valence-electron chi connectivity index (χ4n) is 4.48. The number of carbonyl (C=O) groups is 2. The van der Waals surface area contributed by atoms with Gasteiger partial charge in [0.1, 0.15) is 11.3 Å². The van der Waals surface area contributed by atoms with Crippen molar-refractivity contribution in [2.24, 2.45) is 5.92 Å². The van der Waals surface area contributed by atoms with Gasteiger partial charge in [-0.2, -0.15) is 0 Å². The lowest BCUT2D eigenvalue weighted by Crippen LogP contribution is -2.31. The molecule has 3 aromatic carbocycles. The van der Waals surface area contributed by atoms with E-state index in [0.29, 0.717) is 29.5 Å². The van der Waals surface area contributed by atoms with E-state index in [1.165, 1.54) is 4.90 Å². The number of rotatable bonds is 7.